The molecule has 0 radical (unpaired) electrons. The van der Waals surface area contributed by atoms with E-state index in [1.54, 1.807) is 12.1 Å². The van der Waals surface area contributed by atoms with Crippen molar-refractivity contribution in [1.82, 2.24) is 0 Å². The van der Waals surface area contributed by atoms with E-state index in [1.807, 2.05) is 0 Å². The fraction of sp³-hybridized carbons (Fsp3) is 0.364. The average Bonchev–Trinajstić information content (AvgIpc) is 2.28. The van der Waals surface area contributed by atoms with Crippen LogP contribution in [0.1, 0.15) is 24.2 Å². The first-order valence-corrected chi connectivity index (χ1v) is 6.99. The Labute approximate surface area is 100 Å². The van der Waals surface area contributed by atoms with Gasteiger partial charge in [-0.25, -0.2) is 8.42 Å². The number of carbonyl (C=O) groups excluding carboxylic acids is 1. The molecule has 1 aromatic rings. The van der Waals surface area contributed by atoms with Crippen LogP contribution < -0.4 is 0 Å². The van der Waals surface area contributed by atoms with Gasteiger partial charge in [0.25, 0.3) is 0 Å². The highest BCUT2D eigenvalue weighted by molar-refractivity contribution is 7.92. The summed E-state index contributed by atoms with van der Waals surface area (Å²) in [5.74, 6) is -0.424. The molecule has 0 bridgehead atoms. The van der Waals surface area contributed by atoms with Crippen molar-refractivity contribution in [2.24, 2.45) is 0 Å². The molecule has 0 aromatic heterocycles. The van der Waals surface area contributed by atoms with Gasteiger partial charge in [-0.3, -0.25) is 4.79 Å². The van der Waals surface area contributed by atoms with Crippen molar-refractivity contribution in [3.8, 4) is 0 Å². The molecule has 5 heteroatoms. The maximum atomic E-state index is 11.8. The van der Waals surface area contributed by atoms with E-state index in [2.05, 4.69) is 0 Å². The summed E-state index contributed by atoms with van der Waals surface area (Å²) in [6, 6.07) is 6.21. The summed E-state index contributed by atoms with van der Waals surface area (Å²) in [5, 5.41) is -0.485. The number of hydrogen-bond donors (Lipinski definition) is 0. The predicted octanol–water partition coefficient (Wildman–Crippen LogP) is 2.35. The lowest BCUT2D eigenvalue weighted by Gasteiger charge is -2.10. The van der Waals surface area contributed by atoms with Gasteiger partial charge in [-0.05, 0) is 31.2 Å². The molecule has 1 rings (SSSR count). The van der Waals surface area contributed by atoms with E-state index in [1.165, 1.54) is 26.0 Å². The normalized spacial score (nSPS) is 13.4. The van der Waals surface area contributed by atoms with Crippen molar-refractivity contribution >= 4 is 27.2 Å². The molecule has 88 valence electrons. The molecular weight excluding hydrogens is 248 g/mol. The zero-order valence-corrected chi connectivity index (χ0v) is 10.7. The second-order valence-electron chi connectivity index (χ2n) is 3.46. The Bertz CT molecular complexity index is 476. The SMILES string of the molecule is CCS(=O)(=O)[C@@H](C)C(=O)c1ccc(Cl)cc1. The third-order valence-corrected chi connectivity index (χ3v) is 4.79. The first-order valence-electron chi connectivity index (χ1n) is 4.90. The van der Waals surface area contributed by atoms with Crippen molar-refractivity contribution in [1.29, 1.82) is 0 Å². The van der Waals surface area contributed by atoms with E-state index >= 15 is 0 Å². The molecule has 0 unspecified atom stereocenters. The highest BCUT2D eigenvalue weighted by atomic mass is 35.5. The van der Waals surface area contributed by atoms with Crippen LogP contribution in [-0.2, 0) is 9.84 Å². The Morgan fingerprint density at radius 1 is 1.31 bits per heavy atom. The van der Waals surface area contributed by atoms with Crippen LogP contribution >= 0.6 is 11.6 Å². The summed E-state index contributed by atoms with van der Waals surface area (Å²) in [4.78, 5) is 11.8. The van der Waals surface area contributed by atoms with Crippen molar-refractivity contribution < 1.29 is 13.2 Å². The molecule has 0 spiro atoms. The molecule has 0 saturated carbocycles. The van der Waals surface area contributed by atoms with Crippen molar-refractivity contribution in [2.45, 2.75) is 19.1 Å². The summed E-state index contributed by atoms with van der Waals surface area (Å²) in [6.45, 7) is 2.94. The van der Waals surface area contributed by atoms with Crippen LogP contribution in [0.25, 0.3) is 0 Å². The van der Waals surface area contributed by atoms with Gasteiger partial charge >= 0.3 is 0 Å². The van der Waals surface area contributed by atoms with E-state index in [0.29, 0.717) is 10.6 Å². The summed E-state index contributed by atoms with van der Waals surface area (Å²) < 4.78 is 23.1. The van der Waals surface area contributed by atoms with Gasteiger partial charge in [-0.1, -0.05) is 18.5 Å². The molecule has 0 aliphatic rings. The minimum Gasteiger partial charge on any atom is -0.293 e. The van der Waals surface area contributed by atoms with Gasteiger partial charge < -0.3 is 0 Å². The minimum absolute atomic E-state index is 0.0342. The molecule has 1 aromatic carbocycles. The number of ketones is 1. The number of rotatable bonds is 4. The number of carbonyl (C=O) groups is 1. The Morgan fingerprint density at radius 3 is 2.25 bits per heavy atom. The molecule has 0 amide bonds. The molecule has 0 heterocycles. The summed E-state index contributed by atoms with van der Waals surface area (Å²) >= 11 is 5.68. The standard InChI is InChI=1S/C11H13ClO3S/c1-3-16(14,15)8(2)11(13)9-4-6-10(12)7-5-9/h4-8H,3H2,1-2H3/t8-/m0/s1. The maximum absolute atomic E-state index is 11.8. The Hall–Kier alpha value is -0.870. The Morgan fingerprint density at radius 2 is 1.81 bits per heavy atom. The fourth-order valence-corrected chi connectivity index (χ4v) is 2.35. The third kappa shape index (κ3) is 2.83. The number of hydrogen-bond acceptors (Lipinski definition) is 3. The van der Waals surface area contributed by atoms with Crippen molar-refractivity contribution in [2.75, 3.05) is 5.75 Å². The van der Waals surface area contributed by atoms with Crippen LogP contribution in [0.5, 0.6) is 0 Å². The van der Waals surface area contributed by atoms with Crippen molar-refractivity contribution in [3.63, 3.8) is 0 Å². The zero-order valence-electron chi connectivity index (χ0n) is 9.10. The molecule has 16 heavy (non-hydrogen) atoms. The molecule has 1 atom stereocenters. The van der Waals surface area contributed by atoms with E-state index in [0.717, 1.165) is 0 Å². The monoisotopic (exact) mass is 260 g/mol. The minimum atomic E-state index is -3.34. The molecule has 0 aliphatic heterocycles. The first-order chi connectivity index (χ1) is 7.38. The van der Waals surface area contributed by atoms with Crippen LogP contribution in [0.4, 0.5) is 0 Å². The third-order valence-electron chi connectivity index (χ3n) is 2.44. The first kappa shape index (κ1) is 13.2. The molecule has 0 saturated heterocycles. The van der Waals surface area contributed by atoms with Crippen LogP contribution in [0.3, 0.4) is 0 Å². The Balaban J connectivity index is 2.99. The highest BCUT2D eigenvalue weighted by Gasteiger charge is 2.26. The second kappa shape index (κ2) is 4.97. The van der Waals surface area contributed by atoms with Gasteiger partial charge in [-0.15, -0.1) is 0 Å². The molecule has 0 fully saturated rings. The van der Waals surface area contributed by atoms with E-state index in [4.69, 9.17) is 11.6 Å². The van der Waals surface area contributed by atoms with E-state index < -0.39 is 20.9 Å². The lowest BCUT2D eigenvalue weighted by atomic mass is 10.1. The smallest absolute Gasteiger partial charge is 0.180 e. The maximum Gasteiger partial charge on any atom is 0.180 e. The summed E-state index contributed by atoms with van der Waals surface area (Å²) in [5.41, 5.74) is 0.369. The largest absolute Gasteiger partial charge is 0.293 e. The van der Waals surface area contributed by atoms with Gasteiger partial charge in [-0.2, -0.15) is 0 Å². The van der Waals surface area contributed by atoms with E-state index in [-0.39, 0.29) is 5.75 Å². The highest BCUT2D eigenvalue weighted by Crippen LogP contribution is 2.14. The molecule has 0 N–H and O–H groups in total. The average molecular weight is 261 g/mol. The van der Waals surface area contributed by atoms with Gasteiger partial charge in [0, 0.05) is 16.3 Å². The van der Waals surface area contributed by atoms with Crippen molar-refractivity contribution in [3.05, 3.63) is 34.9 Å². The number of benzene rings is 1. The lowest BCUT2D eigenvalue weighted by molar-refractivity contribution is 0.0991. The second-order valence-corrected chi connectivity index (χ2v) is 6.51. The van der Waals surface area contributed by atoms with E-state index in [9.17, 15) is 13.2 Å². The van der Waals surface area contributed by atoms with Crippen LogP contribution in [0, 0.1) is 0 Å². The number of halogens is 1. The van der Waals surface area contributed by atoms with Crippen LogP contribution in [0.15, 0.2) is 24.3 Å². The molecule has 3 nitrogen and oxygen atoms in total. The van der Waals surface area contributed by atoms with Crippen LogP contribution in [0.2, 0.25) is 5.02 Å². The Kier molecular flexibility index (Phi) is 4.10. The molecular formula is C11H13ClO3S. The lowest BCUT2D eigenvalue weighted by Crippen LogP contribution is -2.28. The van der Waals surface area contributed by atoms with Crippen LogP contribution in [-0.4, -0.2) is 25.2 Å². The topological polar surface area (TPSA) is 51.2 Å². The molecule has 0 aliphatic carbocycles. The van der Waals surface area contributed by atoms with Gasteiger partial charge in [0.05, 0.1) is 0 Å². The number of Topliss-reactive ketones (excluding diaryl/α,β-unsaturated/α-hetero) is 1. The predicted molar refractivity (Wildman–Crippen MR) is 64.7 cm³/mol. The van der Waals surface area contributed by atoms with Gasteiger partial charge in [0.15, 0.2) is 15.6 Å². The van der Waals surface area contributed by atoms with Gasteiger partial charge in [0.2, 0.25) is 0 Å². The van der Waals surface area contributed by atoms with Gasteiger partial charge in [0.1, 0.15) is 5.25 Å². The summed E-state index contributed by atoms with van der Waals surface area (Å²) in [6.07, 6.45) is 0. The fourth-order valence-electron chi connectivity index (χ4n) is 1.26. The number of sulfone groups is 1. The quantitative estimate of drug-likeness (QED) is 0.781. The zero-order chi connectivity index (χ0) is 12.3. The summed E-state index contributed by atoms with van der Waals surface area (Å²) in [7, 11) is -3.34.